The minimum atomic E-state index is -4.91. The van der Waals surface area contributed by atoms with Crippen LogP contribution >= 0.6 is 11.3 Å². The zero-order chi connectivity index (χ0) is 26.4. The molecule has 0 bridgehead atoms. The van der Waals surface area contributed by atoms with E-state index in [-0.39, 0.29) is 11.6 Å². The summed E-state index contributed by atoms with van der Waals surface area (Å²) in [5.41, 5.74) is -3.44. The number of carbonyl (C=O) groups excluding carboxylic acids is 4. The van der Waals surface area contributed by atoms with Gasteiger partial charge in [0.25, 0.3) is 0 Å². The van der Waals surface area contributed by atoms with E-state index in [1.165, 1.54) is 13.1 Å². The molecule has 1 aromatic heterocycles. The van der Waals surface area contributed by atoms with Crippen molar-refractivity contribution in [3.05, 3.63) is 40.9 Å². The number of thiazole rings is 1. The fraction of sp³-hybridized carbons (Fsp3) is 0.409. The molecular formula is C22H25F3N4O5S. The first-order chi connectivity index (χ1) is 16.2. The number of nitrogens with zero attached hydrogens (tertiary/aromatic N) is 1. The number of alkyl carbamates (subject to hydrolysis) is 1. The van der Waals surface area contributed by atoms with Gasteiger partial charge in [0, 0.05) is 17.1 Å². The van der Waals surface area contributed by atoms with Crippen molar-refractivity contribution in [2.45, 2.75) is 58.4 Å². The highest BCUT2D eigenvalue weighted by atomic mass is 32.1. The summed E-state index contributed by atoms with van der Waals surface area (Å²) in [6.45, 7) is 6.35. The largest absolute Gasteiger partial charge is 0.444 e. The number of amides is 3. The normalized spacial score (nSPS) is 12.4. The fourth-order valence-electron chi connectivity index (χ4n) is 2.86. The number of ether oxygens (including phenoxy) is 1. The molecule has 0 saturated heterocycles. The molecule has 1 aromatic carbocycles. The van der Waals surface area contributed by atoms with Crippen molar-refractivity contribution in [2.24, 2.45) is 0 Å². The number of nitrogens with one attached hydrogen (secondary N) is 3. The van der Waals surface area contributed by atoms with Crippen LogP contribution < -0.4 is 16.0 Å². The Hall–Kier alpha value is -3.48. The summed E-state index contributed by atoms with van der Waals surface area (Å²) < 4.78 is 46.2. The molecule has 1 heterocycles. The Morgan fingerprint density at radius 1 is 1.11 bits per heavy atom. The van der Waals surface area contributed by atoms with E-state index in [0.29, 0.717) is 6.07 Å². The van der Waals surface area contributed by atoms with Crippen molar-refractivity contribution < 1.29 is 37.1 Å². The van der Waals surface area contributed by atoms with Gasteiger partial charge in [0.15, 0.2) is 10.9 Å². The average molecular weight is 515 g/mol. The van der Waals surface area contributed by atoms with Gasteiger partial charge in [0.05, 0.1) is 17.7 Å². The molecule has 0 aliphatic rings. The number of rotatable bonds is 8. The molecule has 190 valence electrons. The summed E-state index contributed by atoms with van der Waals surface area (Å²) in [5.74, 6) is -2.72. The molecule has 0 radical (unpaired) electrons. The molecule has 0 aliphatic heterocycles. The number of anilines is 2. The quantitative estimate of drug-likeness (QED) is 0.349. The highest BCUT2D eigenvalue weighted by Gasteiger charge is 2.37. The Balaban J connectivity index is 2.29. The zero-order valence-corrected chi connectivity index (χ0v) is 20.2. The number of alkyl halides is 3. The molecule has 9 nitrogen and oxygen atoms in total. The number of para-hydroxylation sites is 1. The van der Waals surface area contributed by atoms with E-state index in [9.17, 15) is 32.3 Å². The first kappa shape index (κ1) is 27.8. The Labute approximate surface area is 203 Å². The Morgan fingerprint density at radius 3 is 2.34 bits per heavy atom. The van der Waals surface area contributed by atoms with Crippen LogP contribution in [-0.4, -0.2) is 40.3 Å². The number of Topliss-reactive ketones (excluding diaryl/α,β-unsaturated/α-hetero) is 1. The topological polar surface area (TPSA) is 126 Å². The average Bonchev–Trinajstić information content (AvgIpc) is 3.22. The smallest absolute Gasteiger partial charge is 0.418 e. The fourth-order valence-corrected chi connectivity index (χ4v) is 3.40. The summed E-state index contributed by atoms with van der Waals surface area (Å²) in [5, 5.41) is 8.59. The molecular weight excluding hydrogens is 489 g/mol. The van der Waals surface area contributed by atoms with Gasteiger partial charge >= 0.3 is 12.3 Å². The maximum atomic E-state index is 13.7. The second-order valence-corrected chi connectivity index (χ2v) is 9.20. The van der Waals surface area contributed by atoms with E-state index in [0.717, 1.165) is 23.5 Å². The molecule has 2 rings (SSSR count). The first-order valence-electron chi connectivity index (χ1n) is 10.4. The zero-order valence-electron chi connectivity index (χ0n) is 19.4. The number of ketones is 1. The van der Waals surface area contributed by atoms with E-state index in [1.807, 2.05) is 0 Å². The van der Waals surface area contributed by atoms with Crippen LogP contribution in [0.5, 0.6) is 0 Å². The van der Waals surface area contributed by atoms with Gasteiger partial charge in [-0.1, -0.05) is 13.0 Å². The number of hydrogen-bond acceptors (Lipinski definition) is 7. The third-order valence-electron chi connectivity index (χ3n) is 4.33. The molecule has 2 aromatic rings. The third kappa shape index (κ3) is 8.35. The standard InChI is InChI=1S/C22H25F3N4O5S/c1-5-14(27-20(33)34-21(2,3)4)18(32)29-17-12(7-6-8-13(17)22(23,24)25)15(30)11-16(31)28-19-26-9-10-35-19/h6-10,14H,5,11H2,1-4H3,(H,27,33)(H,29,32)(H,26,28,31). The molecule has 1 atom stereocenters. The summed E-state index contributed by atoms with van der Waals surface area (Å²) in [7, 11) is 0. The third-order valence-corrected chi connectivity index (χ3v) is 5.02. The number of hydrogen-bond donors (Lipinski definition) is 3. The van der Waals surface area contributed by atoms with Crippen LogP contribution in [0.1, 0.15) is 56.5 Å². The monoisotopic (exact) mass is 514 g/mol. The van der Waals surface area contributed by atoms with E-state index >= 15 is 0 Å². The van der Waals surface area contributed by atoms with Crippen LogP contribution in [0.15, 0.2) is 29.8 Å². The van der Waals surface area contributed by atoms with Gasteiger partial charge in [-0.05, 0) is 39.3 Å². The SMILES string of the molecule is CCC(NC(=O)OC(C)(C)C)C(=O)Nc1c(C(=O)CC(=O)Nc2nccs2)cccc1C(F)(F)F. The Morgan fingerprint density at radius 2 is 1.80 bits per heavy atom. The van der Waals surface area contributed by atoms with Gasteiger partial charge in [0.1, 0.15) is 11.6 Å². The van der Waals surface area contributed by atoms with Crippen LogP contribution in [-0.2, 0) is 20.5 Å². The Bertz CT molecular complexity index is 1080. The maximum absolute atomic E-state index is 13.7. The maximum Gasteiger partial charge on any atom is 0.418 e. The van der Waals surface area contributed by atoms with E-state index in [1.54, 1.807) is 26.2 Å². The highest BCUT2D eigenvalue weighted by molar-refractivity contribution is 7.13. The minimum absolute atomic E-state index is 0.0265. The van der Waals surface area contributed by atoms with Crippen molar-refractivity contribution in [3.8, 4) is 0 Å². The summed E-state index contributed by atoms with van der Waals surface area (Å²) in [4.78, 5) is 53.6. The molecule has 35 heavy (non-hydrogen) atoms. The molecule has 0 saturated carbocycles. The number of aromatic nitrogens is 1. The van der Waals surface area contributed by atoms with Crippen LogP contribution in [0, 0.1) is 0 Å². The van der Waals surface area contributed by atoms with Crippen molar-refractivity contribution in [2.75, 3.05) is 10.6 Å². The van der Waals surface area contributed by atoms with Gasteiger partial charge in [-0.25, -0.2) is 9.78 Å². The van der Waals surface area contributed by atoms with Crippen LogP contribution in [0.4, 0.5) is 28.8 Å². The summed E-state index contributed by atoms with van der Waals surface area (Å²) in [6, 6.07) is 1.53. The predicted octanol–water partition coefficient (Wildman–Crippen LogP) is 4.62. The van der Waals surface area contributed by atoms with Gasteiger partial charge in [-0.15, -0.1) is 11.3 Å². The van der Waals surface area contributed by atoms with E-state index in [4.69, 9.17) is 4.74 Å². The lowest BCUT2D eigenvalue weighted by molar-refractivity contribution is -0.137. The molecule has 0 spiro atoms. The summed E-state index contributed by atoms with van der Waals surface area (Å²) in [6.07, 6.45) is -5.17. The van der Waals surface area contributed by atoms with Gasteiger partial charge in [-0.3, -0.25) is 14.4 Å². The molecule has 0 fully saturated rings. The van der Waals surface area contributed by atoms with Gasteiger partial charge in [-0.2, -0.15) is 13.2 Å². The first-order valence-corrected chi connectivity index (χ1v) is 11.3. The van der Waals surface area contributed by atoms with Crippen LogP contribution in [0.2, 0.25) is 0 Å². The molecule has 3 N–H and O–H groups in total. The van der Waals surface area contributed by atoms with Crippen molar-refractivity contribution in [3.63, 3.8) is 0 Å². The lowest BCUT2D eigenvalue weighted by atomic mass is 10.0. The lowest BCUT2D eigenvalue weighted by Gasteiger charge is -2.23. The van der Waals surface area contributed by atoms with Crippen LogP contribution in [0.25, 0.3) is 0 Å². The van der Waals surface area contributed by atoms with Crippen molar-refractivity contribution in [1.29, 1.82) is 0 Å². The second kappa shape index (κ2) is 11.3. The molecule has 1 unspecified atom stereocenters. The molecule has 3 amide bonds. The Kier molecular flexibility index (Phi) is 8.96. The lowest BCUT2D eigenvalue weighted by Crippen LogP contribution is -2.45. The number of halogens is 3. The van der Waals surface area contributed by atoms with E-state index in [2.05, 4.69) is 20.9 Å². The summed E-state index contributed by atoms with van der Waals surface area (Å²) >= 11 is 1.10. The highest BCUT2D eigenvalue weighted by Crippen LogP contribution is 2.37. The van der Waals surface area contributed by atoms with Gasteiger partial charge in [0.2, 0.25) is 11.8 Å². The molecule has 13 heteroatoms. The second-order valence-electron chi connectivity index (χ2n) is 8.31. The molecule has 0 aliphatic carbocycles. The van der Waals surface area contributed by atoms with Crippen molar-refractivity contribution in [1.82, 2.24) is 10.3 Å². The van der Waals surface area contributed by atoms with Crippen molar-refractivity contribution >= 4 is 45.8 Å². The van der Waals surface area contributed by atoms with Crippen LogP contribution in [0.3, 0.4) is 0 Å². The minimum Gasteiger partial charge on any atom is -0.444 e. The van der Waals surface area contributed by atoms with E-state index < -0.39 is 64.7 Å². The number of carbonyl (C=O) groups is 4. The van der Waals surface area contributed by atoms with Gasteiger partial charge < -0.3 is 20.7 Å². The predicted molar refractivity (Wildman–Crippen MR) is 123 cm³/mol. The number of benzene rings is 1.